The van der Waals surface area contributed by atoms with Crippen molar-refractivity contribution in [1.82, 2.24) is 4.90 Å². The highest BCUT2D eigenvalue weighted by molar-refractivity contribution is 6.35. The van der Waals surface area contributed by atoms with E-state index in [9.17, 15) is 33.8 Å². The number of aromatic carboxylic acids is 1. The Morgan fingerprint density at radius 3 is 2.35 bits per heavy atom. The number of aromatic hydroxyl groups is 1. The number of carboxylic acid groups (broad SMARTS) is 1. The highest BCUT2D eigenvalue weighted by Gasteiger charge is 2.38. The molecule has 2 N–H and O–H groups in total. The van der Waals surface area contributed by atoms with Gasteiger partial charge >= 0.3 is 12.7 Å². The molecule has 2 bridgehead atoms. The van der Waals surface area contributed by atoms with Gasteiger partial charge in [0, 0.05) is 28.3 Å². The highest BCUT2D eigenvalue weighted by Crippen LogP contribution is 2.41. The zero-order valence-corrected chi connectivity index (χ0v) is 31.1. The Balaban J connectivity index is 1.30. The van der Waals surface area contributed by atoms with Crippen LogP contribution in [0.5, 0.6) is 17.2 Å². The second kappa shape index (κ2) is 16.5. The van der Waals surface area contributed by atoms with Crippen LogP contribution in [-0.4, -0.2) is 66.2 Å². The lowest BCUT2D eigenvalue weighted by Gasteiger charge is -2.44. The molecule has 4 aliphatic rings. The molecule has 55 heavy (non-hydrogen) atoms. The van der Waals surface area contributed by atoms with Gasteiger partial charge in [-0.05, 0) is 98.0 Å². The Kier molecular flexibility index (Phi) is 11.5. The van der Waals surface area contributed by atoms with Crippen molar-refractivity contribution in [2.45, 2.75) is 57.3 Å². The lowest BCUT2D eigenvalue weighted by Crippen LogP contribution is -2.53. The van der Waals surface area contributed by atoms with Crippen LogP contribution in [-0.2, 0) is 17.7 Å². The first kappa shape index (κ1) is 38.4. The summed E-state index contributed by atoms with van der Waals surface area (Å²) in [4.78, 5) is 30.3. The molecule has 8 rings (SSSR count). The van der Waals surface area contributed by atoms with Gasteiger partial charge in [0.2, 0.25) is 12.4 Å². The highest BCUT2D eigenvalue weighted by atomic mass is 35.5. The summed E-state index contributed by atoms with van der Waals surface area (Å²) in [7, 11) is 0. The molecule has 1 aromatic heterocycles. The Hall–Kier alpha value is -4.85. The Bertz CT molecular complexity index is 2040. The lowest BCUT2D eigenvalue weighted by molar-refractivity contribution is -0.904. The van der Waals surface area contributed by atoms with Crippen LogP contribution in [0, 0.1) is 11.8 Å². The lowest BCUT2D eigenvalue weighted by atomic mass is 9.82. The number of alkyl halides is 2. The zero-order chi connectivity index (χ0) is 38.8. The Morgan fingerprint density at radius 1 is 0.982 bits per heavy atom. The monoisotopic (exact) mass is 797 g/mol. The number of pyridine rings is 1. The molecule has 1 saturated carbocycles. The van der Waals surface area contributed by atoms with Gasteiger partial charge in [-0.2, -0.15) is 8.78 Å². The molecule has 4 heterocycles. The number of benzene rings is 3. The molecular formula is C40H39Cl2F2N3O8. The van der Waals surface area contributed by atoms with Gasteiger partial charge in [-0.3, -0.25) is 15.0 Å². The van der Waals surface area contributed by atoms with E-state index in [0.29, 0.717) is 28.0 Å². The van der Waals surface area contributed by atoms with E-state index in [4.69, 9.17) is 37.4 Å². The first-order valence-corrected chi connectivity index (χ1v) is 18.8. The van der Waals surface area contributed by atoms with Crippen molar-refractivity contribution in [2.75, 3.05) is 31.1 Å². The molecule has 1 amide bonds. The fourth-order valence-electron chi connectivity index (χ4n) is 7.43. The minimum Gasteiger partial charge on any atom is -0.545 e. The Labute approximate surface area is 326 Å². The fourth-order valence-corrected chi connectivity index (χ4v) is 8.04. The number of carbonyl (C=O) groups excluding carboxylic acids is 2. The Morgan fingerprint density at radius 2 is 1.71 bits per heavy atom. The number of phenols is 1. The van der Waals surface area contributed by atoms with E-state index in [-0.39, 0.29) is 81.6 Å². The number of amides is 1. The average molecular weight is 799 g/mol. The normalized spacial score (nSPS) is 19.5. The van der Waals surface area contributed by atoms with Crippen LogP contribution in [0.3, 0.4) is 0 Å². The van der Waals surface area contributed by atoms with Crippen molar-refractivity contribution in [3.8, 4) is 17.2 Å². The van der Waals surface area contributed by atoms with Crippen molar-refractivity contribution < 1.29 is 52.7 Å². The SMILES string of the molecule is O=C([O-])c1ccc(CN(C(=O)O[C@H]2CN3CCC2CC3)c2ccccc2O)cc1[C@@H](Cc1c(Cl)c[n+](O)cc1Cl)c1ccc(OC(F)F)c(OCC2CC2)c1. The van der Waals surface area contributed by atoms with Crippen LogP contribution in [0.4, 0.5) is 19.3 Å². The van der Waals surface area contributed by atoms with E-state index in [2.05, 4.69) is 4.90 Å². The van der Waals surface area contributed by atoms with Crippen molar-refractivity contribution in [3.05, 3.63) is 111 Å². The third kappa shape index (κ3) is 9.01. The number of nitrogens with zero attached hydrogens (tertiary/aromatic N) is 3. The maximum Gasteiger partial charge on any atom is 0.415 e. The minimum atomic E-state index is -3.12. The number of phenolic OH excluding ortho intramolecular Hbond substituents is 1. The van der Waals surface area contributed by atoms with Crippen LogP contribution in [0.2, 0.25) is 10.0 Å². The summed E-state index contributed by atoms with van der Waals surface area (Å²) in [5.41, 5.74) is 1.51. The topological polar surface area (TPSA) is 136 Å². The molecular weight excluding hydrogens is 759 g/mol. The minimum absolute atomic E-state index is 0.0237. The summed E-state index contributed by atoms with van der Waals surface area (Å²) < 4.78 is 44.4. The van der Waals surface area contributed by atoms with Gasteiger partial charge in [0.15, 0.2) is 11.5 Å². The molecule has 290 valence electrons. The predicted octanol–water partition coefficient (Wildman–Crippen LogP) is 6.59. The number of carboxylic acids is 1. The number of hydrogen-bond donors (Lipinski definition) is 2. The van der Waals surface area contributed by atoms with Gasteiger partial charge < -0.3 is 29.2 Å². The van der Waals surface area contributed by atoms with Crippen molar-refractivity contribution in [2.24, 2.45) is 11.8 Å². The predicted molar refractivity (Wildman–Crippen MR) is 195 cm³/mol. The molecule has 4 fully saturated rings. The number of carbonyl (C=O) groups is 2. The first-order valence-electron chi connectivity index (χ1n) is 18.1. The quantitative estimate of drug-likeness (QED) is 0.107. The fraction of sp³-hybridized carbons (Fsp3) is 0.375. The second-order valence-corrected chi connectivity index (χ2v) is 15.1. The molecule has 2 atom stereocenters. The smallest absolute Gasteiger partial charge is 0.415 e. The summed E-state index contributed by atoms with van der Waals surface area (Å²) in [6, 6.07) is 15.2. The molecule has 0 radical (unpaired) electrons. The molecule has 3 aliphatic heterocycles. The van der Waals surface area contributed by atoms with Crippen molar-refractivity contribution in [1.29, 1.82) is 0 Å². The number of aromatic nitrogens is 1. The number of ether oxygens (including phenoxy) is 3. The number of piperidine rings is 3. The van der Waals surface area contributed by atoms with Gasteiger partial charge in [0.1, 0.15) is 21.9 Å². The zero-order valence-electron chi connectivity index (χ0n) is 29.6. The molecule has 0 unspecified atom stereocenters. The maximum absolute atomic E-state index is 14.0. The molecule has 0 spiro atoms. The largest absolute Gasteiger partial charge is 0.545 e. The second-order valence-electron chi connectivity index (χ2n) is 14.3. The number of hydrogen-bond acceptors (Lipinski definition) is 9. The first-order chi connectivity index (χ1) is 26.4. The molecule has 3 saturated heterocycles. The van der Waals surface area contributed by atoms with E-state index >= 15 is 0 Å². The summed E-state index contributed by atoms with van der Waals surface area (Å²) >= 11 is 13.2. The molecule has 3 aromatic carbocycles. The summed E-state index contributed by atoms with van der Waals surface area (Å²) in [6.07, 6.45) is 5.15. The number of para-hydroxylation sites is 2. The third-order valence-electron chi connectivity index (χ3n) is 10.5. The third-order valence-corrected chi connectivity index (χ3v) is 11.2. The van der Waals surface area contributed by atoms with Crippen LogP contribution < -0.4 is 24.2 Å². The maximum atomic E-state index is 14.0. The number of halogens is 4. The van der Waals surface area contributed by atoms with Crippen LogP contribution in [0.1, 0.15) is 64.2 Å². The number of anilines is 1. The van der Waals surface area contributed by atoms with Crippen LogP contribution in [0.25, 0.3) is 0 Å². The summed E-state index contributed by atoms with van der Waals surface area (Å²) in [5.74, 6) is -2.17. The van der Waals surface area contributed by atoms with Crippen molar-refractivity contribution in [3.63, 3.8) is 0 Å². The van der Waals surface area contributed by atoms with Gasteiger partial charge in [0.25, 0.3) is 0 Å². The summed E-state index contributed by atoms with van der Waals surface area (Å²) in [6.45, 7) is -0.455. The van der Waals surface area contributed by atoms with E-state index in [1.807, 2.05) is 0 Å². The standard InChI is InChI=1S/C40H39Cl2F2N3O8/c41-31-19-46(52)20-32(42)30(31)17-28(26-8-10-35(54-39(43)44)36(16-26)53-22-23-5-6-23)29-15-24(7-9-27(29)38(49)50)18-47(33-3-1-2-4-34(33)48)40(51)55-37-21-45-13-11-25(37)12-14-45/h1-4,7-10,15-16,19-20,23,25,28,37,39H,5-6,11-14,17-18,21-22H2,(H2-,48,49,50,52)/t28-,37-/m0/s1. The van der Waals surface area contributed by atoms with E-state index in [1.165, 1.54) is 47.6 Å². The van der Waals surface area contributed by atoms with E-state index in [0.717, 1.165) is 38.8 Å². The van der Waals surface area contributed by atoms with Gasteiger partial charge in [-0.25, -0.2) is 4.79 Å². The van der Waals surface area contributed by atoms with Gasteiger partial charge in [-0.1, -0.05) is 59.6 Å². The average Bonchev–Trinajstić information content (AvgIpc) is 3.98. The number of rotatable bonds is 14. The molecule has 11 nitrogen and oxygen atoms in total. The summed E-state index contributed by atoms with van der Waals surface area (Å²) in [5, 5.41) is 33.9. The van der Waals surface area contributed by atoms with E-state index < -0.39 is 24.6 Å². The molecule has 4 aromatic rings. The van der Waals surface area contributed by atoms with Crippen LogP contribution in [0.15, 0.2) is 73.1 Å². The van der Waals surface area contributed by atoms with Crippen LogP contribution >= 0.6 is 23.2 Å². The van der Waals surface area contributed by atoms with Gasteiger partial charge in [0.05, 0.1) is 24.8 Å². The molecule has 1 aliphatic carbocycles. The van der Waals surface area contributed by atoms with Crippen molar-refractivity contribution >= 4 is 41.0 Å². The van der Waals surface area contributed by atoms with Gasteiger partial charge in [-0.15, -0.1) is 0 Å². The van der Waals surface area contributed by atoms with E-state index in [1.54, 1.807) is 30.3 Å². The number of fused-ring (bicyclic) bond motifs is 3. The molecule has 15 heteroatoms.